The number of rotatable bonds is 5. The molecule has 0 amide bonds. The highest BCUT2D eigenvalue weighted by Gasteiger charge is 2.32. The highest BCUT2D eigenvalue weighted by Crippen LogP contribution is 2.34. The van der Waals surface area contributed by atoms with E-state index >= 15 is 0 Å². The summed E-state index contributed by atoms with van der Waals surface area (Å²) in [5.74, 6) is 1.72. The summed E-state index contributed by atoms with van der Waals surface area (Å²) >= 11 is 12.2. The Balaban J connectivity index is 2.91. The molecule has 0 aliphatic rings. The molecule has 0 unspecified atom stereocenters. The fourth-order valence-corrected chi connectivity index (χ4v) is 2.96. The van der Waals surface area contributed by atoms with E-state index in [1.165, 1.54) is 11.1 Å². The van der Waals surface area contributed by atoms with E-state index in [-0.39, 0.29) is 5.41 Å². The molecular formula is C14H20Cl2. The predicted octanol–water partition coefficient (Wildman–Crippen LogP) is 4.66. The van der Waals surface area contributed by atoms with Crippen molar-refractivity contribution in [1.29, 1.82) is 0 Å². The zero-order chi connectivity index (χ0) is 12.2. The van der Waals surface area contributed by atoms with Crippen molar-refractivity contribution in [1.82, 2.24) is 0 Å². The van der Waals surface area contributed by atoms with Crippen molar-refractivity contribution in [3.05, 3.63) is 35.4 Å². The van der Waals surface area contributed by atoms with Gasteiger partial charge in [0, 0.05) is 17.2 Å². The van der Waals surface area contributed by atoms with E-state index in [9.17, 15) is 0 Å². The normalized spacial score (nSPS) is 12.1. The maximum absolute atomic E-state index is 6.12. The molecule has 0 nitrogen and oxygen atoms in total. The molecule has 0 aliphatic carbocycles. The SMILES string of the molecule is Cc1cccc(CC(CCl)(CCl)C(C)C)c1. The quantitative estimate of drug-likeness (QED) is 0.675. The molecule has 0 spiro atoms. The average molecular weight is 259 g/mol. The summed E-state index contributed by atoms with van der Waals surface area (Å²) in [6.45, 7) is 6.50. The summed E-state index contributed by atoms with van der Waals surface area (Å²) in [4.78, 5) is 0. The zero-order valence-electron chi connectivity index (χ0n) is 10.3. The van der Waals surface area contributed by atoms with Crippen molar-refractivity contribution >= 4 is 23.2 Å². The van der Waals surface area contributed by atoms with Crippen LogP contribution in [0.4, 0.5) is 0 Å². The molecule has 0 aromatic heterocycles. The van der Waals surface area contributed by atoms with E-state index in [2.05, 4.69) is 45.0 Å². The number of alkyl halides is 2. The van der Waals surface area contributed by atoms with Gasteiger partial charge >= 0.3 is 0 Å². The second-order valence-electron chi connectivity index (χ2n) is 4.95. The van der Waals surface area contributed by atoms with Crippen molar-refractivity contribution < 1.29 is 0 Å². The van der Waals surface area contributed by atoms with Crippen molar-refractivity contribution in [2.24, 2.45) is 11.3 Å². The largest absolute Gasteiger partial charge is 0.126 e. The van der Waals surface area contributed by atoms with Crippen LogP contribution in [0.25, 0.3) is 0 Å². The predicted molar refractivity (Wildman–Crippen MR) is 73.6 cm³/mol. The van der Waals surface area contributed by atoms with Crippen LogP contribution in [0.15, 0.2) is 24.3 Å². The molecule has 0 saturated carbocycles. The van der Waals surface area contributed by atoms with Gasteiger partial charge in [0.25, 0.3) is 0 Å². The number of hydrogen-bond acceptors (Lipinski definition) is 0. The third kappa shape index (κ3) is 3.15. The van der Waals surface area contributed by atoms with E-state index in [4.69, 9.17) is 23.2 Å². The summed E-state index contributed by atoms with van der Waals surface area (Å²) in [5, 5.41) is 0. The second-order valence-corrected chi connectivity index (χ2v) is 5.48. The summed E-state index contributed by atoms with van der Waals surface area (Å²) in [5.41, 5.74) is 2.63. The lowest BCUT2D eigenvalue weighted by molar-refractivity contribution is 0.259. The summed E-state index contributed by atoms with van der Waals surface area (Å²) in [6, 6.07) is 8.58. The first-order chi connectivity index (χ1) is 7.54. The first-order valence-electron chi connectivity index (χ1n) is 5.71. The topological polar surface area (TPSA) is 0 Å². The first-order valence-corrected chi connectivity index (χ1v) is 6.78. The Morgan fingerprint density at radius 3 is 2.25 bits per heavy atom. The highest BCUT2D eigenvalue weighted by atomic mass is 35.5. The molecule has 0 aliphatic heterocycles. The van der Waals surface area contributed by atoms with Gasteiger partial charge in [-0.3, -0.25) is 0 Å². The van der Waals surface area contributed by atoms with Gasteiger partial charge in [-0.05, 0) is 24.8 Å². The van der Waals surface area contributed by atoms with Crippen molar-refractivity contribution in [3.8, 4) is 0 Å². The summed E-state index contributed by atoms with van der Waals surface area (Å²) < 4.78 is 0. The van der Waals surface area contributed by atoms with Gasteiger partial charge in [0.2, 0.25) is 0 Å². The van der Waals surface area contributed by atoms with Gasteiger partial charge in [-0.25, -0.2) is 0 Å². The average Bonchev–Trinajstić information content (AvgIpc) is 2.25. The highest BCUT2D eigenvalue weighted by molar-refractivity contribution is 6.21. The van der Waals surface area contributed by atoms with Crippen LogP contribution in [0.3, 0.4) is 0 Å². The summed E-state index contributed by atoms with van der Waals surface area (Å²) in [7, 11) is 0. The van der Waals surface area contributed by atoms with Crippen LogP contribution in [0.2, 0.25) is 0 Å². The van der Waals surface area contributed by atoms with Gasteiger partial charge in [0.05, 0.1) is 0 Å². The van der Waals surface area contributed by atoms with E-state index in [1.807, 2.05) is 0 Å². The molecule has 1 rings (SSSR count). The fraction of sp³-hybridized carbons (Fsp3) is 0.571. The van der Waals surface area contributed by atoms with Crippen LogP contribution in [-0.4, -0.2) is 11.8 Å². The van der Waals surface area contributed by atoms with E-state index in [0.29, 0.717) is 17.7 Å². The van der Waals surface area contributed by atoms with Crippen LogP contribution in [-0.2, 0) is 6.42 Å². The van der Waals surface area contributed by atoms with Gasteiger partial charge in [0.1, 0.15) is 0 Å². The van der Waals surface area contributed by atoms with Crippen LogP contribution in [0.5, 0.6) is 0 Å². The maximum Gasteiger partial charge on any atom is 0.0297 e. The molecule has 1 aromatic carbocycles. The van der Waals surface area contributed by atoms with E-state index in [0.717, 1.165) is 6.42 Å². The van der Waals surface area contributed by atoms with Crippen molar-refractivity contribution in [3.63, 3.8) is 0 Å². The third-order valence-corrected chi connectivity index (χ3v) is 4.46. The van der Waals surface area contributed by atoms with Crippen LogP contribution in [0, 0.1) is 18.3 Å². The molecule has 0 radical (unpaired) electrons. The fourth-order valence-electron chi connectivity index (χ4n) is 1.87. The third-order valence-electron chi connectivity index (χ3n) is 3.40. The molecule has 0 fully saturated rings. The minimum absolute atomic E-state index is 0.0108. The van der Waals surface area contributed by atoms with Gasteiger partial charge in [0.15, 0.2) is 0 Å². The monoisotopic (exact) mass is 258 g/mol. The molecular weight excluding hydrogens is 239 g/mol. The minimum Gasteiger partial charge on any atom is -0.126 e. The van der Waals surface area contributed by atoms with Crippen LogP contribution >= 0.6 is 23.2 Å². The molecule has 0 heterocycles. The van der Waals surface area contributed by atoms with Gasteiger partial charge in [-0.15, -0.1) is 23.2 Å². The molecule has 16 heavy (non-hydrogen) atoms. The Hall–Kier alpha value is -0.200. The second kappa shape index (κ2) is 5.93. The lowest BCUT2D eigenvalue weighted by Gasteiger charge is -2.34. The van der Waals surface area contributed by atoms with Gasteiger partial charge in [-0.2, -0.15) is 0 Å². The molecule has 0 saturated heterocycles. The standard InChI is InChI=1S/C14H20Cl2/c1-11(2)14(9-15,10-16)8-13-6-4-5-12(3)7-13/h4-7,11H,8-10H2,1-3H3. The molecule has 2 heteroatoms. The first kappa shape index (κ1) is 13.9. The maximum atomic E-state index is 6.12. The van der Waals surface area contributed by atoms with Gasteiger partial charge < -0.3 is 0 Å². The van der Waals surface area contributed by atoms with Crippen LogP contribution in [0.1, 0.15) is 25.0 Å². The zero-order valence-corrected chi connectivity index (χ0v) is 11.8. The Labute approximate surface area is 109 Å². The molecule has 0 atom stereocenters. The minimum atomic E-state index is 0.0108. The Morgan fingerprint density at radius 1 is 1.19 bits per heavy atom. The van der Waals surface area contributed by atoms with Gasteiger partial charge in [-0.1, -0.05) is 43.7 Å². The molecule has 90 valence electrons. The number of hydrogen-bond donors (Lipinski definition) is 0. The lowest BCUT2D eigenvalue weighted by atomic mass is 9.75. The van der Waals surface area contributed by atoms with E-state index in [1.54, 1.807) is 0 Å². The number of halogens is 2. The Bertz CT molecular complexity index is 327. The molecule has 0 bridgehead atoms. The molecule has 0 N–H and O–H groups in total. The Kier molecular flexibility index (Phi) is 5.14. The van der Waals surface area contributed by atoms with Crippen LogP contribution < -0.4 is 0 Å². The number of aryl methyl sites for hydroxylation is 1. The van der Waals surface area contributed by atoms with Crippen molar-refractivity contribution in [2.75, 3.05) is 11.8 Å². The Morgan fingerprint density at radius 2 is 1.81 bits per heavy atom. The molecule has 1 aromatic rings. The summed E-state index contributed by atoms with van der Waals surface area (Å²) in [6.07, 6.45) is 0.958. The smallest absolute Gasteiger partial charge is 0.0297 e. The number of benzene rings is 1. The lowest BCUT2D eigenvalue weighted by Crippen LogP contribution is -2.34. The van der Waals surface area contributed by atoms with Crippen molar-refractivity contribution in [2.45, 2.75) is 27.2 Å². The van der Waals surface area contributed by atoms with E-state index < -0.39 is 0 Å².